The van der Waals surface area contributed by atoms with Gasteiger partial charge >= 0.3 is 0 Å². The van der Waals surface area contributed by atoms with Crippen LogP contribution in [0.25, 0.3) is 0 Å². The average Bonchev–Trinajstić information content (AvgIpc) is 3.64. The molecule has 2 aliphatic rings. The van der Waals surface area contributed by atoms with E-state index >= 15 is 0 Å². The summed E-state index contributed by atoms with van der Waals surface area (Å²) in [7, 11) is 0. The maximum Gasteiger partial charge on any atom is 0.260 e. The predicted octanol–water partition coefficient (Wildman–Crippen LogP) is 2.03. The summed E-state index contributed by atoms with van der Waals surface area (Å²) in [5, 5.41) is 0. The Bertz CT molecular complexity index is 843. The minimum atomic E-state index is -0.509. The van der Waals surface area contributed by atoms with Crippen LogP contribution >= 0.6 is 0 Å². The van der Waals surface area contributed by atoms with Gasteiger partial charge in [-0.25, -0.2) is 0 Å². The minimum Gasteiger partial charge on any atom is -0.484 e. The zero-order valence-corrected chi connectivity index (χ0v) is 16.9. The Kier molecular flexibility index (Phi) is 7.43. The largest absolute Gasteiger partial charge is 0.484 e. The van der Waals surface area contributed by atoms with Crippen molar-refractivity contribution < 1.29 is 19.1 Å². The quantitative estimate of drug-likeness (QED) is 0.739. The second-order valence-corrected chi connectivity index (χ2v) is 7.38. The first-order valence-corrected chi connectivity index (χ1v) is 10.1. The van der Waals surface area contributed by atoms with E-state index in [1.807, 2.05) is 0 Å². The number of ether oxygens (including phenoxy) is 1. The number of nitrogens with two attached hydrogens (primary N) is 1. The van der Waals surface area contributed by atoms with Crippen LogP contribution in [0.1, 0.15) is 34.7 Å². The molecule has 0 unspecified atom stereocenters. The van der Waals surface area contributed by atoms with Gasteiger partial charge < -0.3 is 20.3 Å². The normalized spacial score (nSPS) is 15.6. The second-order valence-electron chi connectivity index (χ2n) is 7.38. The Hall–Kier alpha value is -3.35. The van der Waals surface area contributed by atoms with Crippen LogP contribution in [0, 0.1) is 0 Å². The molecule has 30 heavy (non-hydrogen) atoms. The van der Waals surface area contributed by atoms with Crippen molar-refractivity contribution in [1.29, 1.82) is 0 Å². The van der Waals surface area contributed by atoms with Crippen LogP contribution in [0.4, 0.5) is 0 Å². The van der Waals surface area contributed by atoms with E-state index < -0.39 is 5.91 Å². The van der Waals surface area contributed by atoms with Crippen molar-refractivity contribution in [3.8, 4) is 5.75 Å². The van der Waals surface area contributed by atoms with E-state index in [0.29, 0.717) is 37.5 Å². The molecule has 0 radical (unpaired) electrons. The topological polar surface area (TPSA) is 92.9 Å². The highest BCUT2D eigenvalue weighted by atomic mass is 16.5. The molecule has 0 aromatic heterocycles. The van der Waals surface area contributed by atoms with Crippen LogP contribution in [0.2, 0.25) is 0 Å². The van der Waals surface area contributed by atoms with Crippen molar-refractivity contribution in [2.75, 3.05) is 32.8 Å². The SMILES string of the molecule is NC(=O)c1ccc(OCC(=O)N2CCN(C=O)CC2)cc1.c1ccc(C2CC2)cc1. The Labute approximate surface area is 176 Å². The van der Waals surface area contributed by atoms with Gasteiger partial charge in [0, 0.05) is 31.7 Å². The summed E-state index contributed by atoms with van der Waals surface area (Å²) in [5.41, 5.74) is 7.05. The number of primary amides is 1. The minimum absolute atomic E-state index is 0.0724. The lowest BCUT2D eigenvalue weighted by molar-refractivity contribution is -0.137. The summed E-state index contributed by atoms with van der Waals surface area (Å²) in [6.07, 6.45) is 3.60. The molecule has 1 heterocycles. The highest BCUT2D eigenvalue weighted by molar-refractivity contribution is 5.92. The van der Waals surface area contributed by atoms with Gasteiger partial charge in [-0.05, 0) is 48.6 Å². The van der Waals surface area contributed by atoms with Crippen molar-refractivity contribution in [2.24, 2.45) is 5.73 Å². The fourth-order valence-electron chi connectivity index (χ4n) is 3.17. The summed E-state index contributed by atoms with van der Waals surface area (Å²) in [6, 6.07) is 17.0. The number of carbonyl (C=O) groups excluding carboxylic acids is 3. The van der Waals surface area contributed by atoms with Gasteiger partial charge in [-0.2, -0.15) is 0 Å². The van der Waals surface area contributed by atoms with Crippen LogP contribution in [0.3, 0.4) is 0 Å². The molecule has 7 heteroatoms. The highest BCUT2D eigenvalue weighted by Gasteiger charge is 2.22. The van der Waals surface area contributed by atoms with E-state index in [9.17, 15) is 14.4 Å². The molecule has 1 aliphatic carbocycles. The average molecular weight is 409 g/mol. The molecule has 2 N–H and O–H groups in total. The van der Waals surface area contributed by atoms with Crippen LogP contribution in [0.5, 0.6) is 5.75 Å². The summed E-state index contributed by atoms with van der Waals surface area (Å²) in [4.78, 5) is 36.8. The third-order valence-corrected chi connectivity index (χ3v) is 5.17. The fourth-order valence-corrected chi connectivity index (χ4v) is 3.17. The number of benzene rings is 2. The third-order valence-electron chi connectivity index (χ3n) is 5.17. The van der Waals surface area contributed by atoms with Crippen LogP contribution in [-0.4, -0.2) is 60.8 Å². The van der Waals surface area contributed by atoms with Gasteiger partial charge in [-0.3, -0.25) is 14.4 Å². The van der Waals surface area contributed by atoms with Gasteiger partial charge in [0.05, 0.1) is 0 Å². The number of amides is 3. The molecule has 1 saturated heterocycles. The van der Waals surface area contributed by atoms with E-state index in [-0.39, 0.29) is 12.5 Å². The van der Waals surface area contributed by atoms with Gasteiger partial charge in [-0.1, -0.05) is 30.3 Å². The van der Waals surface area contributed by atoms with Gasteiger partial charge in [-0.15, -0.1) is 0 Å². The van der Waals surface area contributed by atoms with Crippen molar-refractivity contribution in [3.05, 3.63) is 65.7 Å². The zero-order valence-electron chi connectivity index (χ0n) is 16.9. The number of nitrogens with zero attached hydrogens (tertiary/aromatic N) is 2. The van der Waals surface area contributed by atoms with Crippen molar-refractivity contribution in [3.63, 3.8) is 0 Å². The number of hydrogen-bond acceptors (Lipinski definition) is 4. The van der Waals surface area contributed by atoms with E-state index in [1.54, 1.807) is 34.1 Å². The first-order valence-electron chi connectivity index (χ1n) is 10.1. The number of hydrogen-bond donors (Lipinski definition) is 1. The molecule has 1 saturated carbocycles. The van der Waals surface area contributed by atoms with E-state index in [0.717, 1.165) is 12.3 Å². The molecule has 0 bridgehead atoms. The van der Waals surface area contributed by atoms with Gasteiger partial charge in [0.15, 0.2) is 6.61 Å². The molecular formula is C23H27N3O4. The summed E-state index contributed by atoms with van der Waals surface area (Å²) < 4.78 is 5.38. The standard InChI is InChI=1S/C14H17N3O4.C9H10/c15-14(20)11-1-3-12(4-2-11)21-9-13(19)17-7-5-16(10-18)6-8-17;1-2-4-8(5-3-1)9-6-7-9/h1-4,10H,5-9H2,(H2,15,20);1-5,9H,6-7H2. The van der Waals surface area contributed by atoms with Crippen LogP contribution in [-0.2, 0) is 9.59 Å². The molecule has 2 fully saturated rings. The first-order chi connectivity index (χ1) is 14.6. The highest BCUT2D eigenvalue weighted by Crippen LogP contribution is 2.39. The van der Waals surface area contributed by atoms with E-state index in [4.69, 9.17) is 10.5 Å². The Morgan fingerprint density at radius 2 is 1.60 bits per heavy atom. The lowest BCUT2D eigenvalue weighted by Gasteiger charge is -2.32. The smallest absolute Gasteiger partial charge is 0.260 e. The molecule has 2 aromatic carbocycles. The summed E-state index contributed by atoms with van der Waals surface area (Å²) >= 11 is 0. The summed E-state index contributed by atoms with van der Waals surface area (Å²) in [6.45, 7) is 2.05. The molecule has 7 nitrogen and oxygen atoms in total. The van der Waals surface area contributed by atoms with Crippen molar-refractivity contribution in [2.45, 2.75) is 18.8 Å². The molecule has 4 rings (SSSR count). The predicted molar refractivity (Wildman–Crippen MR) is 113 cm³/mol. The zero-order chi connectivity index (χ0) is 21.3. The lowest BCUT2D eigenvalue weighted by atomic mass is 10.1. The number of carbonyl (C=O) groups is 3. The molecule has 2 aromatic rings. The van der Waals surface area contributed by atoms with Crippen molar-refractivity contribution >= 4 is 18.2 Å². The molecule has 1 aliphatic heterocycles. The maximum atomic E-state index is 12.0. The Morgan fingerprint density at radius 3 is 2.13 bits per heavy atom. The molecule has 0 atom stereocenters. The Balaban J connectivity index is 0.000000234. The monoisotopic (exact) mass is 409 g/mol. The lowest BCUT2D eigenvalue weighted by Crippen LogP contribution is -2.49. The number of piperazine rings is 1. The molecule has 3 amide bonds. The van der Waals surface area contributed by atoms with E-state index in [1.165, 1.54) is 18.4 Å². The van der Waals surface area contributed by atoms with Crippen LogP contribution in [0.15, 0.2) is 54.6 Å². The summed E-state index contributed by atoms with van der Waals surface area (Å²) in [5.74, 6) is 0.774. The van der Waals surface area contributed by atoms with Crippen molar-refractivity contribution in [1.82, 2.24) is 9.80 Å². The fraction of sp³-hybridized carbons (Fsp3) is 0.348. The van der Waals surface area contributed by atoms with Gasteiger partial charge in [0.1, 0.15) is 5.75 Å². The van der Waals surface area contributed by atoms with E-state index in [2.05, 4.69) is 30.3 Å². The first kappa shape index (κ1) is 21.4. The molecule has 0 spiro atoms. The van der Waals surface area contributed by atoms with Gasteiger partial charge in [0.25, 0.3) is 5.91 Å². The van der Waals surface area contributed by atoms with Crippen LogP contribution < -0.4 is 10.5 Å². The molecule has 158 valence electrons. The van der Waals surface area contributed by atoms with Gasteiger partial charge in [0.2, 0.25) is 12.3 Å². The third kappa shape index (κ3) is 6.34. The second kappa shape index (κ2) is 10.4. The Morgan fingerprint density at radius 1 is 0.967 bits per heavy atom. The number of rotatable bonds is 6. The molecular weight excluding hydrogens is 382 g/mol. The maximum absolute atomic E-state index is 12.0.